The highest BCUT2D eigenvalue weighted by molar-refractivity contribution is 6.31. The number of piperazine rings is 1. The average molecular weight is 416 g/mol. The highest BCUT2D eigenvalue weighted by atomic mass is 35.5. The van der Waals surface area contributed by atoms with E-state index in [-0.39, 0.29) is 11.8 Å². The van der Waals surface area contributed by atoms with Crippen LogP contribution in [0, 0.1) is 0 Å². The van der Waals surface area contributed by atoms with E-state index in [1.54, 1.807) is 37.4 Å². The molecule has 3 rings (SSSR count). The molecule has 0 unspecified atom stereocenters. The summed E-state index contributed by atoms with van der Waals surface area (Å²) in [6.45, 7) is 4.77. The second-order valence-corrected chi connectivity index (χ2v) is 7.40. The summed E-state index contributed by atoms with van der Waals surface area (Å²) in [6, 6.07) is 12.5. The van der Waals surface area contributed by atoms with Gasteiger partial charge in [0.15, 0.2) is 0 Å². The summed E-state index contributed by atoms with van der Waals surface area (Å²) in [4.78, 5) is 29.0. The van der Waals surface area contributed by atoms with Gasteiger partial charge in [-0.25, -0.2) is 0 Å². The Morgan fingerprint density at radius 1 is 1.10 bits per heavy atom. The van der Waals surface area contributed by atoms with Crippen molar-refractivity contribution in [2.24, 2.45) is 0 Å². The number of carbonyl (C=O) groups is 2. The number of hydrogen-bond donors (Lipinski definition) is 1. The fraction of sp³-hybridized carbons (Fsp3) is 0.364. The molecule has 7 heteroatoms. The molecule has 0 saturated carbocycles. The maximum atomic E-state index is 12.8. The number of hydrogen-bond acceptors (Lipinski definition) is 4. The SMILES string of the molecule is CCCC(=O)N1CCN(c2ccc(Cl)cc2NC(=O)c2cccc(OC)c2)CC1. The Morgan fingerprint density at radius 3 is 2.55 bits per heavy atom. The first-order valence-corrected chi connectivity index (χ1v) is 10.2. The number of halogens is 1. The Balaban J connectivity index is 1.75. The quantitative estimate of drug-likeness (QED) is 0.773. The van der Waals surface area contributed by atoms with Crippen LogP contribution < -0.4 is 15.0 Å². The number of nitrogens with one attached hydrogen (secondary N) is 1. The summed E-state index contributed by atoms with van der Waals surface area (Å²) < 4.78 is 5.20. The van der Waals surface area contributed by atoms with Crippen LogP contribution in [0.5, 0.6) is 5.75 Å². The molecule has 2 aromatic rings. The van der Waals surface area contributed by atoms with Crippen molar-refractivity contribution in [1.29, 1.82) is 0 Å². The lowest BCUT2D eigenvalue weighted by Crippen LogP contribution is -2.48. The van der Waals surface area contributed by atoms with Gasteiger partial charge >= 0.3 is 0 Å². The number of rotatable bonds is 6. The summed E-state index contributed by atoms with van der Waals surface area (Å²) in [5.74, 6) is 0.593. The Bertz CT molecular complexity index is 879. The maximum absolute atomic E-state index is 12.8. The molecule has 1 aliphatic heterocycles. The van der Waals surface area contributed by atoms with Crippen molar-refractivity contribution in [3.05, 3.63) is 53.1 Å². The van der Waals surface area contributed by atoms with E-state index < -0.39 is 0 Å². The van der Waals surface area contributed by atoms with Crippen LogP contribution in [-0.4, -0.2) is 50.0 Å². The third-order valence-electron chi connectivity index (χ3n) is 4.98. The molecule has 0 atom stereocenters. The molecule has 154 valence electrons. The molecule has 29 heavy (non-hydrogen) atoms. The van der Waals surface area contributed by atoms with Crippen LogP contribution in [0.3, 0.4) is 0 Å². The molecular weight excluding hydrogens is 390 g/mol. The van der Waals surface area contributed by atoms with Crippen molar-refractivity contribution in [3.63, 3.8) is 0 Å². The number of ether oxygens (including phenoxy) is 1. The minimum Gasteiger partial charge on any atom is -0.497 e. The zero-order valence-electron chi connectivity index (χ0n) is 16.8. The predicted molar refractivity (Wildman–Crippen MR) is 116 cm³/mol. The molecule has 0 radical (unpaired) electrons. The number of benzene rings is 2. The van der Waals surface area contributed by atoms with Gasteiger partial charge in [0.2, 0.25) is 5.91 Å². The van der Waals surface area contributed by atoms with E-state index in [2.05, 4.69) is 10.2 Å². The normalized spacial score (nSPS) is 13.9. The predicted octanol–water partition coefficient (Wildman–Crippen LogP) is 4.05. The topological polar surface area (TPSA) is 61.9 Å². The summed E-state index contributed by atoms with van der Waals surface area (Å²) in [5.41, 5.74) is 2.05. The van der Waals surface area contributed by atoms with Crippen molar-refractivity contribution < 1.29 is 14.3 Å². The first kappa shape index (κ1) is 21.0. The Kier molecular flexibility index (Phi) is 6.99. The van der Waals surface area contributed by atoms with Gasteiger partial charge in [-0.15, -0.1) is 0 Å². The molecule has 1 N–H and O–H groups in total. The fourth-order valence-electron chi connectivity index (χ4n) is 3.41. The number of amides is 2. The van der Waals surface area contributed by atoms with Crippen LogP contribution in [-0.2, 0) is 4.79 Å². The molecule has 1 heterocycles. The van der Waals surface area contributed by atoms with Crippen molar-refractivity contribution in [2.45, 2.75) is 19.8 Å². The van der Waals surface area contributed by atoms with Gasteiger partial charge in [0.1, 0.15) is 5.75 Å². The van der Waals surface area contributed by atoms with E-state index in [0.717, 1.165) is 12.1 Å². The highest BCUT2D eigenvalue weighted by Gasteiger charge is 2.23. The molecular formula is C22H26ClN3O3. The minimum absolute atomic E-state index is 0.204. The zero-order valence-corrected chi connectivity index (χ0v) is 17.5. The van der Waals surface area contributed by atoms with E-state index in [0.29, 0.717) is 54.6 Å². The van der Waals surface area contributed by atoms with Gasteiger partial charge in [0, 0.05) is 43.2 Å². The molecule has 1 saturated heterocycles. The second kappa shape index (κ2) is 9.65. The highest BCUT2D eigenvalue weighted by Crippen LogP contribution is 2.31. The summed E-state index contributed by atoms with van der Waals surface area (Å²) in [5, 5.41) is 3.52. The third-order valence-corrected chi connectivity index (χ3v) is 5.21. The zero-order chi connectivity index (χ0) is 20.8. The fourth-order valence-corrected chi connectivity index (χ4v) is 3.58. The Morgan fingerprint density at radius 2 is 1.86 bits per heavy atom. The van der Waals surface area contributed by atoms with Gasteiger partial charge in [-0.2, -0.15) is 0 Å². The summed E-state index contributed by atoms with van der Waals surface area (Å²) in [7, 11) is 1.57. The van der Waals surface area contributed by atoms with Crippen LogP contribution in [0.25, 0.3) is 0 Å². The lowest BCUT2D eigenvalue weighted by Gasteiger charge is -2.37. The largest absolute Gasteiger partial charge is 0.497 e. The monoisotopic (exact) mass is 415 g/mol. The number of methoxy groups -OCH3 is 1. The summed E-state index contributed by atoms with van der Waals surface area (Å²) >= 11 is 6.19. The average Bonchev–Trinajstić information content (AvgIpc) is 2.74. The number of anilines is 2. The Labute approximate surface area is 176 Å². The molecule has 0 spiro atoms. The van der Waals surface area contributed by atoms with E-state index in [4.69, 9.17) is 16.3 Å². The van der Waals surface area contributed by atoms with Crippen LogP contribution in [0.2, 0.25) is 5.02 Å². The number of carbonyl (C=O) groups excluding carboxylic acids is 2. The number of nitrogens with zero attached hydrogens (tertiary/aromatic N) is 2. The van der Waals surface area contributed by atoms with Crippen molar-refractivity contribution in [2.75, 3.05) is 43.5 Å². The maximum Gasteiger partial charge on any atom is 0.255 e. The standard InChI is InChI=1S/C22H26ClN3O3/c1-3-5-21(27)26-12-10-25(11-13-26)20-9-8-17(23)15-19(20)24-22(28)16-6-4-7-18(14-16)29-2/h4,6-9,14-15H,3,5,10-13H2,1-2H3,(H,24,28). The van der Waals surface area contributed by atoms with E-state index in [1.165, 1.54) is 0 Å². The molecule has 2 aromatic carbocycles. The van der Waals surface area contributed by atoms with Crippen molar-refractivity contribution >= 4 is 34.8 Å². The third kappa shape index (κ3) is 5.21. The van der Waals surface area contributed by atoms with Crippen LogP contribution in [0.4, 0.5) is 11.4 Å². The van der Waals surface area contributed by atoms with Gasteiger partial charge in [-0.3, -0.25) is 9.59 Å². The van der Waals surface area contributed by atoms with Gasteiger partial charge in [-0.1, -0.05) is 24.6 Å². The van der Waals surface area contributed by atoms with Gasteiger partial charge in [0.25, 0.3) is 5.91 Å². The van der Waals surface area contributed by atoms with Crippen LogP contribution in [0.1, 0.15) is 30.1 Å². The lowest BCUT2D eigenvalue weighted by atomic mass is 10.1. The van der Waals surface area contributed by atoms with Gasteiger partial charge < -0.3 is 19.9 Å². The summed E-state index contributed by atoms with van der Waals surface area (Å²) in [6.07, 6.45) is 1.44. The molecule has 0 aromatic heterocycles. The first-order chi connectivity index (χ1) is 14.0. The van der Waals surface area contributed by atoms with E-state index in [1.807, 2.05) is 24.0 Å². The molecule has 1 aliphatic rings. The first-order valence-electron chi connectivity index (χ1n) is 9.79. The van der Waals surface area contributed by atoms with Crippen LogP contribution in [0.15, 0.2) is 42.5 Å². The van der Waals surface area contributed by atoms with E-state index >= 15 is 0 Å². The molecule has 0 bridgehead atoms. The van der Waals surface area contributed by atoms with Crippen molar-refractivity contribution in [1.82, 2.24) is 4.90 Å². The van der Waals surface area contributed by atoms with Gasteiger partial charge in [-0.05, 0) is 42.8 Å². The van der Waals surface area contributed by atoms with Crippen LogP contribution >= 0.6 is 11.6 Å². The molecule has 0 aliphatic carbocycles. The molecule has 6 nitrogen and oxygen atoms in total. The minimum atomic E-state index is -0.232. The smallest absolute Gasteiger partial charge is 0.255 e. The second-order valence-electron chi connectivity index (χ2n) is 6.97. The lowest BCUT2D eigenvalue weighted by molar-refractivity contribution is -0.131. The Hall–Kier alpha value is -2.73. The van der Waals surface area contributed by atoms with Gasteiger partial charge in [0.05, 0.1) is 18.5 Å². The molecule has 1 fully saturated rings. The van der Waals surface area contributed by atoms with E-state index in [9.17, 15) is 9.59 Å². The molecule has 2 amide bonds. The van der Waals surface area contributed by atoms with Crippen molar-refractivity contribution in [3.8, 4) is 5.75 Å².